The molecule has 0 aromatic heterocycles. The predicted octanol–water partition coefficient (Wildman–Crippen LogP) is 1.11. The molecular formula is C13H14BrNO5S. The fraction of sp³-hybridized carbons (Fsp3) is 0.385. The molecular weight excluding hydrogens is 362 g/mol. The highest BCUT2D eigenvalue weighted by atomic mass is 79.9. The molecule has 1 N–H and O–H groups in total. The lowest BCUT2D eigenvalue weighted by atomic mass is 10.2. The molecule has 0 aliphatic carbocycles. The molecule has 8 heteroatoms. The number of ether oxygens (including phenoxy) is 1. The summed E-state index contributed by atoms with van der Waals surface area (Å²) in [5, 5.41) is 9.13. The maximum Gasteiger partial charge on any atom is 0.336 e. The van der Waals surface area contributed by atoms with E-state index in [1.807, 2.05) is 0 Å². The summed E-state index contributed by atoms with van der Waals surface area (Å²) in [6.07, 6.45) is 0. The zero-order valence-electron chi connectivity index (χ0n) is 11.1. The summed E-state index contributed by atoms with van der Waals surface area (Å²) in [6, 6.07) is 4.42. The summed E-state index contributed by atoms with van der Waals surface area (Å²) < 4.78 is 18.1. The van der Waals surface area contributed by atoms with E-state index >= 15 is 0 Å². The van der Waals surface area contributed by atoms with Crippen LogP contribution in [0.4, 0.5) is 0 Å². The number of benzene rings is 1. The van der Waals surface area contributed by atoms with E-state index in [0.717, 1.165) is 0 Å². The van der Waals surface area contributed by atoms with Crippen LogP contribution in [0.15, 0.2) is 27.6 Å². The highest BCUT2D eigenvalue weighted by molar-refractivity contribution is 9.10. The van der Waals surface area contributed by atoms with E-state index in [1.165, 1.54) is 12.1 Å². The Morgan fingerprint density at radius 3 is 2.62 bits per heavy atom. The van der Waals surface area contributed by atoms with E-state index in [4.69, 9.17) is 9.84 Å². The van der Waals surface area contributed by atoms with E-state index in [2.05, 4.69) is 15.9 Å². The molecule has 1 atom stereocenters. The smallest absolute Gasteiger partial charge is 0.336 e. The van der Waals surface area contributed by atoms with Gasteiger partial charge >= 0.3 is 5.97 Å². The van der Waals surface area contributed by atoms with Gasteiger partial charge in [-0.3, -0.25) is 9.00 Å². The van der Waals surface area contributed by atoms with Crippen LogP contribution in [0.25, 0.3) is 0 Å². The Hall–Kier alpha value is -1.25. The van der Waals surface area contributed by atoms with Gasteiger partial charge in [0.05, 0.1) is 34.5 Å². The van der Waals surface area contributed by atoms with Gasteiger partial charge in [0.1, 0.15) is 5.75 Å². The second-order valence-corrected chi connectivity index (χ2v) is 6.76. The second kappa shape index (κ2) is 7.15. The zero-order chi connectivity index (χ0) is 15.4. The topological polar surface area (TPSA) is 83.9 Å². The Kier molecular flexibility index (Phi) is 5.49. The highest BCUT2D eigenvalue weighted by Gasteiger charge is 2.22. The van der Waals surface area contributed by atoms with Gasteiger partial charge in [-0.15, -0.1) is 0 Å². The molecule has 6 nitrogen and oxygen atoms in total. The van der Waals surface area contributed by atoms with Crippen molar-refractivity contribution < 1.29 is 23.6 Å². The number of rotatable bonds is 4. The van der Waals surface area contributed by atoms with Gasteiger partial charge in [0.2, 0.25) is 5.91 Å². The lowest BCUT2D eigenvalue weighted by Gasteiger charge is -2.26. The minimum atomic E-state index is -1.70. The Labute approximate surface area is 132 Å². The first-order valence-corrected chi connectivity index (χ1v) is 8.37. The maximum absolute atomic E-state index is 12.3. The average molecular weight is 376 g/mol. The molecule has 1 fully saturated rings. The molecule has 2 rings (SSSR count). The third-order valence-electron chi connectivity index (χ3n) is 3.04. The van der Waals surface area contributed by atoms with E-state index in [9.17, 15) is 13.8 Å². The van der Waals surface area contributed by atoms with Crippen molar-refractivity contribution in [3.8, 4) is 0 Å². The van der Waals surface area contributed by atoms with E-state index in [-0.39, 0.29) is 22.1 Å². The fourth-order valence-corrected chi connectivity index (χ4v) is 3.69. The summed E-state index contributed by atoms with van der Waals surface area (Å²) >= 11 is 3.22. The standard InChI is InChI=1S/C13H14BrNO5S/c14-9-1-2-10(13(17)18)11(7-9)21(19)8-12(16)15-3-5-20-6-4-15/h1-2,7H,3-6,8H2,(H,17,18). The molecule has 1 unspecified atom stereocenters. The number of hydrogen-bond acceptors (Lipinski definition) is 4. The summed E-state index contributed by atoms with van der Waals surface area (Å²) in [4.78, 5) is 25.0. The number of hydrogen-bond donors (Lipinski definition) is 1. The van der Waals surface area contributed by atoms with Gasteiger partial charge in [-0.2, -0.15) is 0 Å². The Bertz CT molecular complexity index is 586. The molecule has 1 amide bonds. The monoisotopic (exact) mass is 375 g/mol. The minimum absolute atomic E-state index is 0.0497. The Balaban J connectivity index is 2.14. The van der Waals surface area contributed by atoms with Crippen LogP contribution in [-0.4, -0.2) is 58.1 Å². The van der Waals surface area contributed by atoms with Crippen LogP contribution >= 0.6 is 15.9 Å². The molecule has 114 valence electrons. The van der Waals surface area contributed by atoms with E-state index in [0.29, 0.717) is 30.8 Å². The van der Waals surface area contributed by atoms with E-state index < -0.39 is 16.8 Å². The van der Waals surface area contributed by atoms with Crippen molar-refractivity contribution in [3.05, 3.63) is 28.2 Å². The fourth-order valence-electron chi connectivity index (χ4n) is 1.96. The van der Waals surface area contributed by atoms with Crippen molar-refractivity contribution >= 4 is 38.6 Å². The predicted molar refractivity (Wildman–Crippen MR) is 79.8 cm³/mol. The van der Waals surface area contributed by atoms with Crippen LogP contribution in [0, 0.1) is 0 Å². The lowest BCUT2D eigenvalue weighted by molar-refractivity contribution is -0.132. The summed E-state index contributed by atoms with van der Waals surface area (Å²) in [7, 11) is -1.70. The van der Waals surface area contributed by atoms with Crippen molar-refractivity contribution in [2.24, 2.45) is 0 Å². The zero-order valence-corrected chi connectivity index (χ0v) is 13.5. The Morgan fingerprint density at radius 2 is 2.00 bits per heavy atom. The maximum atomic E-state index is 12.3. The van der Waals surface area contributed by atoms with Gasteiger partial charge in [0.25, 0.3) is 0 Å². The van der Waals surface area contributed by atoms with Crippen molar-refractivity contribution in [1.82, 2.24) is 4.90 Å². The number of nitrogens with zero attached hydrogens (tertiary/aromatic N) is 1. The number of halogens is 1. The molecule has 21 heavy (non-hydrogen) atoms. The van der Waals surface area contributed by atoms with Gasteiger partial charge in [0.15, 0.2) is 0 Å². The van der Waals surface area contributed by atoms with Gasteiger partial charge in [-0.1, -0.05) is 15.9 Å². The average Bonchev–Trinajstić information content (AvgIpc) is 2.47. The first-order chi connectivity index (χ1) is 9.99. The molecule has 0 radical (unpaired) electrons. The summed E-state index contributed by atoms with van der Waals surface area (Å²) in [6.45, 7) is 1.88. The van der Waals surface area contributed by atoms with Crippen LogP contribution in [0.3, 0.4) is 0 Å². The number of carbonyl (C=O) groups is 2. The second-order valence-electron chi connectivity index (χ2n) is 4.43. The molecule has 1 aliphatic heterocycles. The Morgan fingerprint density at radius 1 is 1.33 bits per heavy atom. The van der Waals surface area contributed by atoms with Crippen LogP contribution in [0.1, 0.15) is 10.4 Å². The molecule has 1 aliphatic rings. The molecule has 1 aromatic carbocycles. The molecule has 1 saturated heterocycles. The number of carboxylic acid groups (broad SMARTS) is 1. The summed E-state index contributed by atoms with van der Waals surface area (Å²) in [5.41, 5.74) is -0.0497. The van der Waals surface area contributed by atoms with Crippen molar-refractivity contribution in [3.63, 3.8) is 0 Å². The highest BCUT2D eigenvalue weighted by Crippen LogP contribution is 2.20. The van der Waals surface area contributed by atoms with Gasteiger partial charge in [-0.05, 0) is 18.2 Å². The molecule has 0 bridgehead atoms. The van der Waals surface area contributed by atoms with Gasteiger partial charge in [0, 0.05) is 17.6 Å². The number of aromatic carboxylic acids is 1. The van der Waals surface area contributed by atoms with E-state index in [1.54, 1.807) is 11.0 Å². The third-order valence-corrected chi connectivity index (χ3v) is 4.87. The van der Waals surface area contributed by atoms with Crippen LogP contribution < -0.4 is 0 Å². The number of amides is 1. The van der Waals surface area contributed by atoms with Crippen molar-refractivity contribution in [2.75, 3.05) is 32.1 Å². The first kappa shape index (κ1) is 16.1. The van der Waals surface area contributed by atoms with Gasteiger partial charge in [-0.25, -0.2) is 4.79 Å². The summed E-state index contributed by atoms with van der Waals surface area (Å²) in [5.74, 6) is -1.64. The van der Waals surface area contributed by atoms with Crippen molar-refractivity contribution in [1.29, 1.82) is 0 Å². The normalized spacial score (nSPS) is 16.5. The minimum Gasteiger partial charge on any atom is -0.478 e. The quantitative estimate of drug-likeness (QED) is 0.851. The molecule has 1 aromatic rings. The molecule has 0 saturated carbocycles. The van der Waals surface area contributed by atoms with Crippen LogP contribution in [0.5, 0.6) is 0 Å². The SMILES string of the molecule is O=C(O)c1ccc(Br)cc1S(=O)CC(=O)N1CCOCC1. The molecule has 0 spiro atoms. The number of morpholine rings is 1. The molecule has 1 heterocycles. The van der Waals surface area contributed by atoms with Crippen LogP contribution in [0.2, 0.25) is 0 Å². The lowest BCUT2D eigenvalue weighted by Crippen LogP contribution is -2.42. The van der Waals surface area contributed by atoms with Crippen LogP contribution in [-0.2, 0) is 20.3 Å². The largest absolute Gasteiger partial charge is 0.478 e. The first-order valence-electron chi connectivity index (χ1n) is 6.26. The third kappa shape index (κ3) is 4.12. The number of carbonyl (C=O) groups excluding carboxylic acids is 1. The number of carboxylic acids is 1. The van der Waals surface area contributed by atoms with Gasteiger partial charge < -0.3 is 14.7 Å². The van der Waals surface area contributed by atoms with Crippen molar-refractivity contribution in [2.45, 2.75) is 4.90 Å².